The van der Waals surface area contributed by atoms with Crippen molar-refractivity contribution in [3.63, 3.8) is 0 Å². The number of hydrogen-bond acceptors (Lipinski definition) is 10. The summed E-state index contributed by atoms with van der Waals surface area (Å²) in [5.41, 5.74) is 12.4. The Bertz CT molecular complexity index is 968. The van der Waals surface area contributed by atoms with Crippen LogP contribution in [0.3, 0.4) is 0 Å². The van der Waals surface area contributed by atoms with Gasteiger partial charge < -0.3 is 37.1 Å². The molecule has 0 bridgehead atoms. The molecule has 2 aromatic heterocycles. The number of aliphatic hydroxyl groups excluding tert-OH is 2. The fourth-order valence-electron chi connectivity index (χ4n) is 3.52. The first-order valence-corrected chi connectivity index (χ1v) is 10.4. The zero-order valence-electron chi connectivity index (χ0n) is 18.2. The molecule has 3 rings (SSSR count). The highest BCUT2D eigenvalue weighted by Crippen LogP contribution is 2.32. The molecule has 13 nitrogen and oxygen atoms in total. The van der Waals surface area contributed by atoms with Crippen molar-refractivity contribution >= 4 is 28.8 Å². The van der Waals surface area contributed by atoms with Crippen molar-refractivity contribution in [3.8, 4) is 0 Å². The molecular formula is C19H30N8O5. The third-order valence-corrected chi connectivity index (χ3v) is 5.83. The Labute approximate surface area is 184 Å². The summed E-state index contributed by atoms with van der Waals surface area (Å²) in [6.07, 6.45) is 0.272. The lowest BCUT2D eigenvalue weighted by Gasteiger charge is -2.25. The summed E-state index contributed by atoms with van der Waals surface area (Å²) in [6, 6.07) is -2.63. The van der Waals surface area contributed by atoms with Gasteiger partial charge in [-0.05, 0) is 12.8 Å². The Kier molecular flexibility index (Phi) is 7.23. The van der Waals surface area contributed by atoms with Crippen molar-refractivity contribution in [3.05, 3.63) is 12.7 Å². The SMILES string of the molecule is CC[C@H](C)[C@H](N)C(=O)N[C@@H](C)C(=O)N[C@@H]1[C@H](O)[C@@H](CO)O[C@H]1n1cnc2c(N)ncnc21. The van der Waals surface area contributed by atoms with Crippen LogP contribution in [0.5, 0.6) is 0 Å². The van der Waals surface area contributed by atoms with Crippen molar-refractivity contribution in [2.75, 3.05) is 12.3 Å². The van der Waals surface area contributed by atoms with Gasteiger partial charge in [0.1, 0.15) is 36.1 Å². The van der Waals surface area contributed by atoms with Gasteiger partial charge in [0.15, 0.2) is 17.7 Å². The highest BCUT2D eigenvalue weighted by molar-refractivity contribution is 5.89. The maximum absolute atomic E-state index is 12.8. The average Bonchev–Trinajstić information content (AvgIpc) is 3.34. The largest absolute Gasteiger partial charge is 0.394 e. The average molecular weight is 451 g/mol. The Balaban J connectivity index is 1.78. The molecule has 32 heavy (non-hydrogen) atoms. The van der Waals surface area contributed by atoms with E-state index in [1.807, 2.05) is 13.8 Å². The second-order valence-corrected chi connectivity index (χ2v) is 8.00. The minimum atomic E-state index is -1.23. The van der Waals surface area contributed by atoms with Crippen molar-refractivity contribution in [1.82, 2.24) is 30.2 Å². The van der Waals surface area contributed by atoms with E-state index in [-0.39, 0.29) is 11.7 Å². The third-order valence-electron chi connectivity index (χ3n) is 5.83. The Morgan fingerprint density at radius 3 is 2.66 bits per heavy atom. The number of aromatic nitrogens is 4. The quantitative estimate of drug-likeness (QED) is 0.261. The molecule has 0 aliphatic carbocycles. The van der Waals surface area contributed by atoms with Crippen LogP contribution in [0.25, 0.3) is 11.2 Å². The van der Waals surface area contributed by atoms with E-state index in [4.69, 9.17) is 16.2 Å². The lowest BCUT2D eigenvalue weighted by atomic mass is 9.99. The van der Waals surface area contributed by atoms with Crippen LogP contribution in [0.4, 0.5) is 5.82 Å². The van der Waals surface area contributed by atoms with Crippen molar-refractivity contribution in [1.29, 1.82) is 0 Å². The van der Waals surface area contributed by atoms with E-state index in [9.17, 15) is 19.8 Å². The van der Waals surface area contributed by atoms with Gasteiger partial charge in [0.2, 0.25) is 11.8 Å². The topological polar surface area (TPSA) is 204 Å². The van der Waals surface area contributed by atoms with Gasteiger partial charge in [-0.2, -0.15) is 0 Å². The van der Waals surface area contributed by atoms with Crippen LogP contribution in [-0.2, 0) is 14.3 Å². The highest BCUT2D eigenvalue weighted by Gasteiger charge is 2.46. The predicted molar refractivity (Wildman–Crippen MR) is 114 cm³/mol. The maximum atomic E-state index is 12.8. The van der Waals surface area contributed by atoms with Crippen LogP contribution in [-0.4, -0.2) is 78.5 Å². The zero-order valence-corrected chi connectivity index (χ0v) is 18.2. The molecule has 13 heteroatoms. The number of amides is 2. The first kappa shape index (κ1) is 23.8. The Morgan fingerprint density at radius 1 is 1.28 bits per heavy atom. The molecule has 1 aliphatic heterocycles. The number of imidazole rings is 1. The molecular weight excluding hydrogens is 420 g/mol. The summed E-state index contributed by atoms with van der Waals surface area (Å²) in [4.78, 5) is 37.3. The molecule has 7 atom stereocenters. The summed E-state index contributed by atoms with van der Waals surface area (Å²) < 4.78 is 7.27. The van der Waals surface area contributed by atoms with Crippen LogP contribution in [0.1, 0.15) is 33.4 Å². The highest BCUT2D eigenvalue weighted by atomic mass is 16.5. The molecule has 0 unspecified atom stereocenters. The van der Waals surface area contributed by atoms with E-state index in [0.29, 0.717) is 11.2 Å². The lowest BCUT2D eigenvalue weighted by molar-refractivity contribution is -0.130. The van der Waals surface area contributed by atoms with E-state index in [1.165, 1.54) is 24.1 Å². The number of nitrogen functional groups attached to an aromatic ring is 1. The molecule has 0 radical (unpaired) electrons. The summed E-state index contributed by atoms with van der Waals surface area (Å²) >= 11 is 0. The molecule has 0 spiro atoms. The minimum Gasteiger partial charge on any atom is -0.394 e. The van der Waals surface area contributed by atoms with Gasteiger partial charge in [-0.1, -0.05) is 20.3 Å². The van der Waals surface area contributed by atoms with Crippen LogP contribution in [0, 0.1) is 5.92 Å². The molecule has 1 aliphatic rings. The molecule has 0 aromatic carbocycles. The van der Waals surface area contributed by atoms with Crippen molar-refractivity contribution in [2.45, 2.75) is 63.8 Å². The van der Waals surface area contributed by atoms with Gasteiger partial charge in [0, 0.05) is 0 Å². The maximum Gasteiger partial charge on any atom is 0.242 e. The number of anilines is 1. The number of fused-ring (bicyclic) bond motifs is 1. The van der Waals surface area contributed by atoms with E-state index >= 15 is 0 Å². The number of nitrogens with two attached hydrogens (primary N) is 2. The standard InChI is InChI=1S/C19H30N8O5/c1-4-8(2)11(20)18(31)25-9(3)17(30)26-12-14(29)10(5-28)32-19(12)27-7-24-13-15(21)22-6-23-16(13)27/h6-12,14,19,28-29H,4-5,20H2,1-3H3,(H,25,31)(H,26,30)(H2,21,22,23)/t8-,9-,10+,11-,12+,14+,19+/m0/s1. The van der Waals surface area contributed by atoms with Crippen molar-refractivity contribution in [2.24, 2.45) is 11.7 Å². The molecule has 2 aromatic rings. The molecule has 0 saturated carbocycles. The van der Waals surface area contributed by atoms with Crippen LogP contribution >= 0.6 is 0 Å². The summed E-state index contributed by atoms with van der Waals surface area (Å²) in [6.45, 7) is 4.82. The predicted octanol–water partition coefficient (Wildman–Crippen LogP) is -1.98. The van der Waals surface area contributed by atoms with Gasteiger partial charge in [0.25, 0.3) is 0 Å². The van der Waals surface area contributed by atoms with Gasteiger partial charge in [-0.3, -0.25) is 14.2 Å². The Hall–Kier alpha value is -2.87. The second kappa shape index (κ2) is 9.73. The number of carbonyl (C=O) groups excluding carboxylic acids is 2. The van der Waals surface area contributed by atoms with Gasteiger partial charge in [-0.25, -0.2) is 15.0 Å². The molecule has 2 amide bonds. The van der Waals surface area contributed by atoms with Gasteiger partial charge in [0.05, 0.1) is 19.0 Å². The van der Waals surface area contributed by atoms with E-state index in [1.54, 1.807) is 0 Å². The van der Waals surface area contributed by atoms with Crippen LogP contribution < -0.4 is 22.1 Å². The first-order valence-electron chi connectivity index (χ1n) is 10.4. The fourth-order valence-corrected chi connectivity index (χ4v) is 3.52. The fraction of sp³-hybridized carbons (Fsp3) is 0.632. The van der Waals surface area contributed by atoms with Gasteiger partial charge >= 0.3 is 0 Å². The van der Waals surface area contributed by atoms with E-state index in [2.05, 4.69) is 25.6 Å². The second-order valence-electron chi connectivity index (χ2n) is 8.00. The van der Waals surface area contributed by atoms with Crippen LogP contribution in [0.2, 0.25) is 0 Å². The number of carbonyl (C=O) groups is 2. The molecule has 1 fully saturated rings. The minimum absolute atomic E-state index is 0.0473. The number of nitrogens with one attached hydrogen (secondary N) is 2. The Morgan fingerprint density at radius 2 is 2.00 bits per heavy atom. The smallest absolute Gasteiger partial charge is 0.242 e. The molecule has 176 valence electrons. The summed E-state index contributed by atoms with van der Waals surface area (Å²) in [7, 11) is 0. The number of aliphatic hydroxyl groups is 2. The normalized spacial score (nSPS) is 25.9. The number of hydrogen-bond donors (Lipinski definition) is 6. The molecule has 8 N–H and O–H groups in total. The summed E-state index contributed by atoms with van der Waals surface area (Å²) in [5, 5.41) is 25.5. The first-order chi connectivity index (χ1) is 15.2. The number of ether oxygens (including phenoxy) is 1. The zero-order chi connectivity index (χ0) is 23.6. The lowest BCUT2D eigenvalue weighted by Crippen LogP contribution is -2.55. The van der Waals surface area contributed by atoms with E-state index in [0.717, 1.165) is 6.42 Å². The third kappa shape index (κ3) is 4.50. The van der Waals surface area contributed by atoms with Gasteiger partial charge in [-0.15, -0.1) is 0 Å². The monoisotopic (exact) mass is 450 g/mol. The number of nitrogens with zero attached hydrogens (tertiary/aromatic N) is 4. The number of rotatable bonds is 8. The van der Waals surface area contributed by atoms with E-state index < -0.39 is 55.0 Å². The summed E-state index contributed by atoms with van der Waals surface area (Å²) in [5.74, 6) is -0.873. The van der Waals surface area contributed by atoms with Crippen molar-refractivity contribution < 1.29 is 24.5 Å². The molecule has 3 heterocycles. The molecule has 1 saturated heterocycles. The van der Waals surface area contributed by atoms with Crippen LogP contribution in [0.15, 0.2) is 12.7 Å².